The van der Waals surface area contributed by atoms with Gasteiger partial charge in [0.2, 0.25) is 10.0 Å². The first-order valence-corrected chi connectivity index (χ1v) is 8.30. The van der Waals surface area contributed by atoms with E-state index in [0.29, 0.717) is 17.1 Å². The van der Waals surface area contributed by atoms with E-state index in [1.54, 1.807) is 31.2 Å². The molecule has 0 aliphatic rings. The normalized spacial score (nSPS) is 11.8. The molecule has 0 aliphatic carbocycles. The van der Waals surface area contributed by atoms with E-state index in [2.05, 4.69) is 0 Å². The Kier molecular flexibility index (Phi) is 4.65. The lowest BCUT2D eigenvalue weighted by atomic mass is 10.2. The molecule has 0 heterocycles. The zero-order valence-electron chi connectivity index (χ0n) is 12.3. The summed E-state index contributed by atoms with van der Waals surface area (Å²) in [5.74, 6) is 0. The van der Waals surface area contributed by atoms with Crippen molar-refractivity contribution in [1.82, 2.24) is 4.31 Å². The van der Waals surface area contributed by atoms with Crippen molar-refractivity contribution in [1.29, 1.82) is 0 Å². The molecule has 5 heteroatoms. The second-order valence-corrected chi connectivity index (χ2v) is 6.80. The molecule has 0 aromatic heterocycles. The number of aryl methyl sites for hydroxylation is 1. The van der Waals surface area contributed by atoms with Crippen LogP contribution in [-0.2, 0) is 16.6 Å². The predicted octanol–water partition coefficient (Wildman–Crippen LogP) is 2.79. The van der Waals surface area contributed by atoms with Crippen molar-refractivity contribution < 1.29 is 8.42 Å². The third-order valence-corrected chi connectivity index (χ3v) is 5.55. The topological polar surface area (TPSA) is 63.4 Å². The summed E-state index contributed by atoms with van der Waals surface area (Å²) in [6, 6.07) is 14.4. The van der Waals surface area contributed by atoms with Gasteiger partial charge in [-0.1, -0.05) is 43.3 Å². The number of nitrogen functional groups attached to an aromatic ring is 1. The first kappa shape index (κ1) is 15.5. The molecule has 112 valence electrons. The molecule has 0 spiro atoms. The van der Waals surface area contributed by atoms with E-state index < -0.39 is 10.0 Å². The lowest BCUT2D eigenvalue weighted by molar-refractivity contribution is 0.423. The maximum Gasteiger partial charge on any atom is 0.243 e. The van der Waals surface area contributed by atoms with Crippen molar-refractivity contribution in [3.8, 4) is 0 Å². The van der Waals surface area contributed by atoms with Gasteiger partial charge in [-0.3, -0.25) is 0 Å². The molecule has 0 aliphatic heterocycles. The van der Waals surface area contributed by atoms with Crippen LogP contribution in [-0.4, -0.2) is 19.3 Å². The highest BCUT2D eigenvalue weighted by Crippen LogP contribution is 2.22. The van der Waals surface area contributed by atoms with Crippen LogP contribution in [0.15, 0.2) is 53.4 Å². The first-order valence-electron chi connectivity index (χ1n) is 6.86. The summed E-state index contributed by atoms with van der Waals surface area (Å²) >= 11 is 0. The lowest BCUT2D eigenvalue weighted by Gasteiger charge is -2.22. The Hall–Kier alpha value is -1.85. The summed E-state index contributed by atoms with van der Waals surface area (Å²) < 4.78 is 27.0. The highest BCUT2D eigenvalue weighted by atomic mass is 32.2. The molecule has 0 bridgehead atoms. The number of rotatable bonds is 5. The summed E-state index contributed by atoms with van der Waals surface area (Å²) in [5, 5.41) is 0. The van der Waals surface area contributed by atoms with Crippen molar-refractivity contribution in [2.24, 2.45) is 0 Å². The molecule has 0 saturated carbocycles. The Bertz CT molecular complexity index is 727. The first-order chi connectivity index (χ1) is 9.96. The van der Waals surface area contributed by atoms with Gasteiger partial charge in [0.25, 0.3) is 0 Å². The monoisotopic (exact) mass is 304 g/mol. The average Bonchev–Trinajstić information content (AvgIpc) is 2.46. The molecular weight excluding hydrogens is 284 g/mol. The molecule has 0 amide bonds. The zero-order chi connectivity index (χ0) is 15.5. The van der Waals surface area contributed by atoms with E-state index in [9.17, 15) is 8.42 Å². The minimum Gasteiger partial charge on any atom is -0.398 e. The minimum atomic E-state index is -3.52. The Morgan fingerprint density at radius 3 is 2.29 bits per heavy atom. The number of anilines is 1. The van der Waals surface area contributed by atoms with Crippen LogP contribution < -0.4 is 5.73 Å². The molecule has 0 unspecified atom stereocenters. The fourth-order valence-electron chi connectivity index (χ4n) is 2.22. The van der Waals surface area contributed by atoms with E-state index in [4.69, 9.17) is 5.73 Å². The molecule has 0 saturated heterocycles. The summed E-state index contributed by atoms with van der Waals surface area (Å²) in [5.41, 5.74) is 8.08. The number of benzene rings is 2. The Morgan fingerprint density at radius 1 is 1.05 bits per heavy atom. The van der Waals surface area contributed by atoms with Crippen molar-refractivity contribution in [2.45, 2.75) is 25.3 Å². The largest absolute Gasteiger partial charge is 0.398 e. The second kappa shape index (κ2) is 6.28. The van der Waals surface area contributed by atoms with Crippen molar-refractivity contribution >= 4 is 15.7 Å². The van der Waals surface area contributed by atoms with Gasteiger partial charge in [-0.05, 0) is 30.2 Å². The van der Waals surface area contributed by atoms with Gasteiger partial charge in [0.15, 0.2) is 0 Å². The van der Waals surface area contributed by atoms with Gasteiger partial charge < -0.3 is 5.73 Å². The molecule has 0 atom stereocenters. The predicted molar refractivity (Wildman–Crippen MR) is 85.3 cm³/mol. The number of nitrogens with two attached hydrogens (primary N) is 1. The third kappa shape index (κ3) is 3.25. The van der Waals surface area contributed by atoms with E-state index in [-0.39, 0.29) is 6.54 Å². The van der Waals surface area contributed by atoms with Gasteiger partial charge in [0.1, 0.15) is 0 Å². The quantitative estimate of drug-likeness (QED) is 0.864. The average molecular weight is 304 g/mol. The summed E-state index contributed by atoms with van der Waals surface area (Å²) in [7, 11) is -3.52. The minimum absolute atomic E-state index is 0.278. The SMILES string of the molecule is CCN(Cc1ccccc1N)S(=O)(=O)c1ccccc1C. The second-order valence-electron chi connectivity index (χ2n) is 4.90. The number of para-hydroxylation sites is 1. The highest BCUT2D eigenvalue weighted by molar-refractivity contribution is 7.89. The van der Waals surface area contributed by atoms with Crippen LogP contribution in [0.5, 0.6) is 0 Å². The van der Waals surface area contributed by atoms with Crippen LogP contribution in [0.3, 0.4) is 0 Å². The van der Waals surface area contributed by atoms with Crippen molar-refractivity contribution in [3.63, 3.8) is 0 Å². The fraction of sp³-hybridized carbons (Fsp3) is 0.250. The Labute approximate surface area is 126 Å². The summed E-state index contributed by atoms with van der Waals surface area (Å²) in [6.45, 7) is 4.30. The molecule has 21 heavy (non-hydrogen) atoms. The van der Waals surface area contributed by atoms with Crippen LogP contribution >= 0.6 is 0 Å². The van der Waals surface area contributed by atoms with Crippen LogP contribution in [0.1, 0.15) is 18.1 Å². The standard InChI is InChI=1S/C16H20N2O2S/c1-3-18(12-14-9-5-6-10-15(14)17)21(19,20)16-11-7-4-8-13(16)2/h4-11H,3,12,17H2,1-2H3. The van der Waals surface area contributed by atoms with Crippen LogP contribution in [0.25, 0.3) is 0 Å². The lowest BCUT2D eigenvalue weighted by Crippen LogP contribution is -2.31. The molecule has 2 aromatic rings. The van der Waals surface area contributed by atoms with Crippen LogP contribution in [0.2, 0.25) is 0 Å². The van der Waals surface area contributed by atoms with Crippen LogP contribution in [0.4, 0.5) is 5.69 Å². The Morgan fingerprint density at radius 2 is 1.67 bits per heavy atom. The van der Waals surface area contributed by atoms with E-state index in [1.165, 1.54) is 4.31 Å². The molecule has 0 radical (unpaired) electrons. The third-order valence-electron chi connectivity index (χ3n) is 3.47. The Balaban J connectivity index is 2.37. The van der Waals surface area contributed by atoms with Gasteiger partial charge >= 0.3 is 0 Å². The van der Waals surface area contributed by atoms with E-state index in [1.807, 2.05) is 31.2 Å². The number of nitrogens with zero attached hydrogens (tertiary/aromatic N) is 1. The molecule has 4 nitrogen and oxygen atoms in total. The van der Waals surface area contributed by atoms with Crippen molar-refractivity contribution in [2.75, 3.05) is 12.3 Å². The molecule has 2 rings (SSSR count). The maximum absolute atomic E-state index is 12.8. The number of hydrogen-bond donors (Lipinski definition) is 1. The zero-order valence-corrected chi connectivity index (χ0v) is 13.1. The van der Waals surface area contributed by atoms with E-state index in [0.717, 1.165) is 11.1 Å². The maximum atomic E-state index is 12.8. The van der Waals surface area contributed by atoms with Gasteiger partial charge in [-0.2, -0.15) is 4.31 Å². The van der Waals surface area contributed by atoms with Gasteiger partial charge in [0, 0.05) is 18.8 Å². The fourth-order valence-corrected chi connectivity index (χ4v) is 3.87. The van der Waals surface area contributed by atoms with Crippen LogP contribution in [0, 0.1) is 6.92 Å². The highest BCUT2D eigenvalue weighted by Gasteiger charge is 2.25. The molecule has 0 fully saturated rings. The smallest absolute Gasteiger partial charge is 0.243 e. The summed E-state index contributed by atoms with van der Waals surface area (Å²) in [6.07, 6.45) is 0. The van der Waals surface area contributed by atoms with Gasteiger partial charge in [-0.25, -0.2) is 8.42 Å². The number of sulfonamides is 1. The summed E-state index contributed by atoms with van der Waals surface area (Å²) in [4.78, 5) is 0.348. The molecule has 2 aromatic carbocycles. The van der Waals surface area contributed by atoms with Gasteiger partial charge in [-0.15, -0.1) is 0 Å². The molecular formula is C16H20N2O2S. The van der Waals surface area contributed by atoms with E-state index >= 15 is 0 Å². The van der Waals surface area contributed by atoms with Crippen molar-refractivity contribution in [3.05, 3.63) is 59.7 Å². The number of hydrogen-bond acceptors (Lipinski definition) is 3. The molecule has 2 N–H and O–H groups in total. The van der Waals surface area contributed by atoms with Gasteiger partial charge in [0.05, 0.1) is 4.90 Å².